The van der Waals surface area contributed by atoms with Gasteiger partial charge >= 0.3 is 5.97 Å². The molecule has 0 bridgehead atoms. The predicted molar refractivity (Wildman–Crippen MR) is 84.4 cm³/mol. The number of aliphatic hydroxyl groups is 1. The average molecular weight is 352 g/mol. The summed E-state index contributed by atoms with van der Waals surface area (Å²) in [5.74, 6) is -0.153. The summed E-state index contributed by atoms with van der Waals surface area (Å²) in [6.07, 6.45) is 1.35. The number of aliphatic hydroxyl groups excluding tert-OH is 1. The highest BCUT2D eigenvalue weighted by molar-refractivity contribution is 5.84. The van der Waals surface area contributed by atoms with E-state index in [0.29, 0.717) is 24.5 Å². The fourth-order valence-corrected chi connectivity index (χ4v) is 2.69. The smallest absolute Gasteiger partial charge is 0.370 e. The lowest BCUT2D eigenvalue weighted by molar-refractivity contribution is -0.160. The number of rotatable bonds is 8. The van der Waals surface area contributed by atoms with Crippen LogP contribution < -0.4 is 9.47 Å². The Labute approximate surface area is 144 Å². The number of carbonyl (C=O) groups is 1. The van der Waals surface area contributed by atoms with Crippen molar-refractivity contribution in [2.45, 2.75) is 18.6 Å². The van der Waals surface area contributed by atoms with E-state index in [9.17, 15) is 9.90 Å². The van der Waals surface area contributed by atoms with E-state index in [0.717, 1.165) is 5.56 Å². The predicted octanol–water partition coefficient (Wildman–Crippen LogP) is 1.24. The minimum Gasteiger partial charge on any atom is -0.475 e. The van der Waals surface area contributed by atoms with Gasteiger partial charge < -0.3 is 33.9 Å². The van der Waals surface area contributed by atoms with Crippen LogP contribution in [0.1, 0.15) is 17.9 Å². The monoisotopic (exact) mass is 352 g/mol. The molecule has 0 unspecified atom stereocenters. The maximum atomic E-state index is 11.3. The molecule has 8 nitrogen and oxygen atoms in total. The Morgan fingerprint density at radius 1 is 1.20 bits per heavy atom. The van der Waals surface area contributed by atoms with Gasteiger partial charge in [-0.25, -0.2) is 4.79 Å². The second-order valence-corrected chi connectivity index (χ2v) is 5.55. The van der Waals surface area contributed by atoms with E-state index in [1.165, 1.54) is 0 Å². The largest absolute Gasteiger partial charge is 0.475 e. The Morgan fingerprint density at radius 2 is 2.04 bits per heavy atom. The fourth-order valence-electron chi connectivity index (χ4n) is 2.69. The number of aliphatic carboxylic acids is 1. The van der Waals surface area contributed by atoms with Gasteiger partial charge in [-0.2, -0.15) is 0 Å². The van der Waals surface area contributed by atoms with Gasteiger partial charge in [0.1, 0.15) is 0 Å². The first-order valence-corrected chi connectivity index (χ1v) is 7.99. The van der Waals surface area contributed by atoms with Crippen molar-refractivity contribution in [2.75, 3.05) is 33.2 Å². The van der Waals surface area contributed by atoms with Gasteiger partial charge in [-0.3, -0.25) is 0 Å². The number of hydrogen-bond donors (Lipinski definition) is 2. The lowest BCUT2D eigenvalue weighted by atomic mass is 9.92. The van der Waals surface area contributed by atoms with E-state index in [1.54, 1.807) is 12.1 Å². The summed E-state index contributed by atoms with van der Waals surface area (Å²) >= 11 is 0. The van der Waals surface area contributed by atoms with Crippen molar-refractivity contribution in [2.24, 2.45) is 0 Å². The van der Waals surface area contributed by atoms with E-state index in [1.807, 2.05) is 12.1 Å². The lowest BCUT2D eigenvalue weighted by Crippen LogP contribution is -2.28. The number of carboxylic acid groups (broad SMARTS) is 1. The molecule has 0 saturated carbocycles. The van der Waals surface area contributed by atoms with Crippen molar-refractivity contribution in [1.29, 1.82) is 0 Å². The molecule has 2 aliphatic rings. The SMILES string of the molecule is O=C(O)C1=C[C@H](c2ccc3c(c2)OCO3)C[C@H](OCCOCCO)O1. The van der Waals surface area contributed by atoms with Crippen LogP contribution in [0.2, 0.25) is 0 Å². The van der Waals surface area contributed by atoms with Gasteiger partial charge in [0.15, 0.2) is 11.5 Å². The first kappa shape index (κ1) is 17.5. The van der Waals surface area contributed by atoms with Crippen LogP contribution in [0.15, 0.2) is 30.0 Å². The number of hydrogen-bond acceptors (Lipinski definition) is 7. The number of fused-ring (bicyclic) bond motifs is 1. The molecule has 0 fully saturated rings. The summed E-state index contributed by atoms with van der Waals surface area (Å²) in [5, 5.41) is 17.9. The van der Waals surface area contributed by atoms with E-state index < -0.39 is 12.3 Å². The third-order valence-electron chi connectivity index (χ3n) is 3.86. The van der Waals surface area contributed by atoms with E-state index in [4.69, 9.17) is 28.8 Å². The second kappa shape index (κ2) is 8.19. The van der Waals surface area contributed by atoms with E-state index in [-0.39, 0.29) is 38.3 Å². The maximum absolute atomic E-state index is 11.3. The van der Waals surface area contributed by atoms with Crippen molar-refractivity contribution in [3.63, 3.8) is 0 Å². The van der Waals surface area contributed by atoms with Crippen LogP contribution in [0.25, 0.3) is 0 Å². The van der Waals surface area contributed by atoms with Gasteiger partial charge in [0.05, 0.1) is 26.4 Å². The molecule has 2 heterocycles. The third kappa shape index (κ3) is 4.41. The topological polar surface area (TPSA) is 104 Å². The Morgan fingerprint density at radius 3 is 2.84 bits per heavy atom. The fraction of sp³-hybridized carbons (Fsp3) is 0.471. The molecule has 136 valence electrons. The standard InChI is InChI=1S/C17H20O8/c18-3-4-21-5-6-22-16-9-12(8-15(25-16)17(19)20)11-1-2-13-14(7-11)24-10-23-13/h1-2,7-8,12,16,18H,3-6,9-10H2,(H,19,20)/t12-,16+/m0/s1. The Hall–Kier alpha value is -2.29. The average Bonchev–Trinajstić information content (AvgIpc) is 3.09. The summed E-state index contributed by atoms with van der Waals surface area (Å²) in [6, 6.07) is 5.52. The van der Waals surface area contributed by atoms with Gasteiger partial charge in [0.25, 0.3) is 0 Å². The quantitative estimate of drug-likeness (QED) is 0.674. The molecule has 0 saturated heterocycles. The van der Waals surface area contributed by atoms with E-state index >= 15 is 0 Å². The molecule has 2 atom stereocenters. The lowest BCUT2D eigenvalue weighted by Gasteiger charge is -2.28. The van der Waals surface area contributed by atoms with Crippen LogP contribution in [0.3, 0.4) is 0 Å². The second-order valence-electron chi connectivity index (χ2n) is 5.55. The first-order chi connectivity index (χ1) is 12.2. The van der Waals surface area contributed by atoms with Gasteiger partial charge in [-0.05, 0) is 23.8 Å². The van der Waals surface area contributed by atoms with Crippen LogP contribution >= 0.6 is 0 Å². The first-order valence-electron chi connectivity index (χ1n) is 7.99. The summed E-state index contributed by atoms with van der Waals surface area (Å²) in [7, 11) is 0. The molecule has 8 heteroatoms. The number of carboxylic acids is 1. The summed E-state index contributed by atoms with van der Waals surface area (Å²) in [5.41, 5.74) is 0.899. The van der Waals surface area contributed by atoms with Crippen LogP contribution in [-0.2, 0) is 19.0 Å². The maximum Gasteiger partial charge on any atom is 0.370 e. The van der Waals surface area contributed by atoms with E-state index in [2.05, 4.69) is 0 Å². The van der Waals surface area contributed by atoms with Crippen molar-refractivity contribution < 1.29 is 38.7 Å². The van der Waals surface area contributed by atoms with Gasteiger partial charge in [-0.15, -0.1) is 0 Å². The van der Waals surface area contributed by atoms with Crippen LogP contribution in [0.4, 0.5) is 0 Å². The summed E-state index contributed by atoms with van der Waals surface area (Å²) < 4.78 is 26.7. The molecule has 1 aromatic carbocycles. The summed E-state index contributed by atoms with van der Waals surface area (Å²) in [6.45, 7) is 0.891. The zero-order valence-electron chi connectivity index (χ0n) is 13.6. The molecule has 1 aromatic rings. The molecule has 2 aliphatic heterocycles. The van der Waals surface area contributed by atoms with Crippen molar-refractivity contribution in [3.8, 4) is 11.5 Å². The Bertz CT molecular complexity index is 642. The molecule has 0 spiro atoms. The Kier molecular flexibility index (Phi) is 5.75. The highest BCUT2D eigenvalue weighted by Gasteiger charge is 2.29. The van der Waals surface area contributed by atoms with Gasteiger partial charge in [-0.1, -0.05) is 6.07 Å². The number of ether oxygens (including phenoxy) is 5. The highest BCUT2D eigenvalue weighted by Crippen LogP contribution is 2.38. The molecule has 0 radical (unpaired) electrons. The molecule has 25 heavy (non-hydrogen) atoms. The Balaban J connectivity index is 1.67. The van der Waals surface area contributed by atoms with Crippen LogP contribution in [0, 0.1) is 0 Å². The van der Waals surface area contributed by atoms with Crippen molar-refractivity contribution in [3.05, 3.63) is 35.6 Å². The summed E-state index contributed by atoms with van der Waals surface area (Å²) in [4.78, 5) is 11.3. The normalized spacial score (nSPS) is 21.6. The zero-order chi connectivity index (χ0) is 17.6. The number of benzene rings is 1. The minimum absolute atomic E-state index is 0.0575. The molecule has 2 N–H and O–H groups in total. The molecule has 0 aliphatic carbocycles. The van der Waals surface area contributed by atoms with Gasteiger partial charge in [0.2, 0.25) is 18.8 Å². The zero-order valence-corrected chi connectivity index (χ0v) is 13.6. The van der Waals surface area contributed by atoms with Crippen LogP contribution in [0.5, 0.6) is 11.5 Å². The van der Waals surface area contributed by atoms with Crippen LogP contribution in [-0.4, -0.2) is 55.7 Å². The third-order valence-corrected chi connectivity index (χ3v) is 3.86. The molecule has 0 amide bonds. The number of allylic oxidation sites excluding steroid dienone is 1. The van der Waals surface area contributed by atoms with Gasteiger partial charge in [0, 0.05) is 12.3 Å². The van der Waals surface area contributed by atoms with Crippen molar-refractivity contribution >= 4 is 5.97 Å². The van der Waals surface area contributed by atoms with Crippen molar-refractivity contribution in [1.82, 2.24) is 0 Å². The minimum atomic E-state index is -1.14. The molecule has 3 rings (SSSR count). The molecular weight excluding hydrogens is 332 g/mol. The highest BCUT2D eigenvalue weighted by atomic mass is 16.7. The molecule has 0 aromatic heterocycles. The molecular formula is C17H20O8.